The van der Waals surface area contributed by atoms with E-state index in [9.17, 15) is 0 Å². The number of nitrogens with zero attached hydrogens (tertiary/aromatic N) is 3. The van der Waals surface area contributed by atoms with E-state index >= 15 is 0 Å². The average molecular weight is 235 g/mol. The molecule has 0 saturated heterocycles. The molecule has 0 unspecified atom stereocenters. The van der Waals surface area contributed by atoms with Gasteiger partial charge in [-0.2, -0.15) is 5.10 Å². The Hall–Kier alpha value is -1.16. The van der Waals surface area contributed by atoms with E-state index in [1.54, 1.807) is 11.3 Å². The van der Waals surface area contributed by atoms with Crippen molar-refractivity contribution in [2.75, 3.05) is 0 Å². The van der Waals surface area contributed by atoms with Crippen molar-refractivity contribution >= 4 is 11.3 Å². The lowest BCUT2D eigenvalue weighted by Crippen LogP contribution is -1.92. The highest BCUT2D eigenvalue weighted by molar-refractivity contribution is 7.15. The van der Waals surface area contributed by atoms with Crippen molar-refractivity contribution in [2.45, 2.75) is 33.6 Å². The molecule has 0 aromatic carbocycles. The minimum Gasteiger partial charge on any atom is -0.272 e. The quantitative estimate of drug-likeness (QED) is 0.799. The molecule has 2 aromatic heterocycles. The summed E-state index contributed by atoms with van der Waals surface area (Å²) < 4.78 is 1.92. The van der Waals surface area contributed by atoms with Gasteiger partial charge < -0.3 is 0 Å². The molecule has 0 fully saturated rings. The van der Waals surface area contributed by atoms with Crippen LogP contribution in [0.15, 0.2) is 6.20 Å². The number of aromatic nitrogens is 3. The predicted molar refractivity (Wildman–Crippen MR) is 67.9 cm³/mol. The molecule has 3 nitrogen and oxygen atoms in total. The number of thiazole rings is 1. The smallest absolute Gasteiger partial charge is 0.127 e. The molecule has 2 rings (SSSR count). The van der Waals surface area contributed by atoms with Crippen LogP contribution in [-0.4, -0.2) is 14.8 Å². The Morgan fingerprint density at radius 2 is 2.00 bits per heavy atom. The summed E-state index contributed by atoms with van der Waals surface area (Å²) in [7, 11) is 1.97. The molecule has 0 aliphatic heterocycles. The molecule has 4 heteroatoms. The maximum absolute atomic E-state index is 4.51. The van der Waals surface area contributed by atoms with Crippen LogP contribution in [0.1, 0.15) is 36.0 Å². The minimum absolute atomic E-state index is 0.545. The van der Waals surface area contributed by atoms with Gasteiger partial charge in [-0.15, -0.1) is 11.3 Å². The van der Waals surface area contributed by atoms with Crippen molar-refractivity contribution < 1.29 is 0 Å². The van der Waals surface area contributed by atoms with Gasteiger partial charge in [-0.1, -0.05) is 13.8 Å². The third-order valence-electron chi connectivity index (χ3n) is 2.82. The molecule has 0 aliphatic carbocycles. The van der Waals surface area contributed by atoms with E-state index in [2.05, 4.69) is 30.9 Å². The molecule has 0 atom stereocenters. The van der Waals surface area contributed by atoms with Crippen molar-refractivity contribution in [1.29, 1.82) is 0 Å². The van der Waals surface area contributed by atoms with Crippen molar-refractivity contribution in [2.24, 2.45) is 7.05 Å². The van der Waals surface area contributed by atoms with Crippen LogP contribution in [-0.2, 0) is 7.05 Å². The van der Waals surface area contributed by atoms with E-state index in [4.69, 9.17) is 0 Å². The second-order valence-electron chi connectivity index (χ2n) is 4.39. The first-order valence-corrected chi connectivity index (χ1v) is 6.28. The van der Waals surface area contributed by atoms with Gasteiger partial charge in [-0.25, -0.2) is 4.98 Å². The summed E-state index contributed by atoms with van der Waals surface area (Å²) in [6, 6.07) is 0. The summed E-state index contributed by atoms with van der Waals surface area (Å²) >= 11 is 1.77. The minimum atomic E-state index is 0.545. The lowest BCUT2D eigenvalue weighted by atomic mass is 10.2. The van der Waals surface area contributed by atoms with Gasteiger partial charge >= 0.3 is 0 Å². The Labute approximate surface area is 100 Å². The highest BCUT2D eigenvalue weighted by Crippen LogP contribution is 2.32. The van der Waals surface area contributed by atoms with Gasteiger partial charge in [0, 0.05) is 23.8 Å². The van der Waals surface area contributed by atoms with Crippen LogP contribution in [0.3, 0.4) is 0 Å². The Morgan fingerprint density at radius 3 is 2.44 bits per heavy atom. The van der Waals surface area contributed by atoms with Crippen LogP contribution in [0, 0.1) is 13.8 Å². The van der Waals surface area contributed by atoms with Gasteiger partial charge in [0.2, 0.25) is 0 Å². The fraction of sp³-hybridized carbons (Fsp3) is 0.500. The summed E-state index contributed by atoms with van der Waals surface area (Å²) in [5.74, 6) is 0.545. The Kier molecular flexibility index (Phi) is 2.84. The highest BCUT2D eigenvalue weighted by atomic mass is 32.1. The Balaban J connectivity index is 2.50. The SMILES string of the molecule is Cc1nn(C)c(C)c1-c1ncc(C(C)C)s1. The zero-order valence-corrected chi connectivity index (χ0v) is 11.2. The molecule has 0 N–H and O–H groups in total. The van der Waals surface area contributed by atoms with Gasteiger partial charge in [0.15, 0.2) is 0 Å². The number of hydrogen-bond donors (Lipinski definition) is 0. The molecule has 2 heterocycles. The van der Waals surface area contributed by atoms with Gasteiger partial charge in [-0.3, -0.25) is 4.68 Å². The molecule has 0 spiro atoms. The van der Waals surface area contributed by atoms with Crippen LogP contribution >= 0.6 is 11.3 Å². The summed E-state index contributed by atoms with van der Waals surface area (Å²) in [5.41, 5.74) is 3.44. The Morgan fingerprint density at radius 1 is 1.31 bits per heavy atom. The van der Waals surface area contributed by atoms with E-state index in [0.29, 0.717) is 5.92 Å². The highest BCUT2D eigenvalue weighted by Gasteiger charge is 2.15. The van der Waals surface area contributed by atoms with E-state index < -0.39 is 0 Å². The van der Waals surface area contributed by atoms with Gasteiger partial charge in [-0.05, 0) is 19.8 Å². The molecular formula is C12H17N3S. The Bertz CT molecular complexity index is 508. The van der Waals surface area contributed by atoms with E-state index in [0.717, 1.165) is 10.7 Å². The standard InChI is InChI=1S/C12H17N3S/c1-7(2)10-6-13-12(16-10)11-8(3)14-15(5)9(11)4/h6-7H,1-5H3. The normalized spacial score (nSPS) is 11.4. The van der Waals surface area contributed by atoms with Gasteiger partial charge in [0.1, 0.15) is 5.01 Å². The van der Waals surface area contributed by atoms with E-state index in [-0.39, 0.29) is 0 Å². The second kappa shape index (κ2) is 4.01. The molecule has 0 aliphatic rings. The van der Waals surface area contributed by atoms with Crippen LogP contribution in [0.2, 0.25) is 0 Å². The third kappa shape index (κ3) is 1.78. The van der Waals surface area contributed by atoms with Crippen molar-refractivity contribution in [3.05, 3.63) is 22.5 Å². The maximum Gasteiger partial charge on any atom is 0.127 e. The van der Waals surface area contributed by atoms with Crippen molar-refractivity contribution in [3.63, 3.8) is 0 Å². The molecule has 16 heavy (non-hydrogen) atoms. The summed E-state index contributed by atoms with van der Waals surface area (Å²) in [5, 5.41) is 5.51. The second-order valence-corrected chi connectivity index (χ2v) is 5.45. The number of hydrogen-bond acceptors (Lipinski definition) is 3. The lowest BCUT2D eigenvalue weighted by molar-refractivity contribution is 0.731. The topological polar surface area (TPSA) is 30.7 Å². The molecule has 0 bridgehead atoms. The molecular weight excluding hydrogens is 218 g/mol. The fourth-order valence-electron chi connectivity index (χ4n) is 1.75. The first-order chi connectivity index (χ1) is 7.50. The molecule has 0 amide bonds. The molecule has 0 radical (unpaired) electrons. The first-order valence-electron chi connectivity index (χ1n) is 5.47. The molecule has 86 valence electrons. The summed E-state index contributed by atoms with van der Waals surface area (Å²) in [6.45, 7) is 8.52. The van der Waals surface area contributed by atoms with Crippen LogP contribution < -0.4 is 0 Å². The first kappa shape index (κ1) is 11.3. The zero-order chi connectivity index (χ0) is 11.9. The number of rotatable bonds is 2. The summed E-state index contributed by atoms with van der Waals surface area (Å²) in [6.07, 6.45) is 1.98. The van der Waals surface area contributed by atoms with Crippen molar-refractivity contribution in [3.8, 4) is 10.6 Å². The van der Waals surface area contributed by atoms with Gasteiger partial charge in [0.05, 0.1) is 11.3 Å². The van der Waals surface area contributed by atoms with E-state index in [1.807, 2.05) is 24.9 Å². The number of aryl methyl sites for hydroxylation is 2. The van der Waals surface area contributed by atoms with Crippen LogP contribution in [0.25, 0.3) is 10.6 Å². The molecule has 0 saturated carbocycles. The monoisotopic (exact) mass is 235 g/mol. The maximum atomic E-state index is 4.51. The predicted octanol–water partition coefficient (Wildman–Crippen LogP) is 3.28. The zero-order valence-electron chi connectivity index (χ0n) is 10.4. The van der Waals surface area contributed by atoms with Gasteiger partial charge in [0.25, 0.3) is 0 Å². The average Bonchev–Trinajstić information content (AvgIpc) is 2.74. The van der Waals surface area contributed by atoms with Crippen LogP contribution in [0.4, 0.5) is 0 Å². The summed E-state index contributed by atoms with van der Waals surface area (Å²) in [4.78, 5) is 5.84. The largest absolute Gasteiger partial charge is 0.272 e. The van der Waals surface area contributed by atoms with Crippen molar-refractivity contribution in [1.82, 2.24) is 14.8 Å². The lowest BCUT2D eigenvalue weighted by Gasteiger charge is -1.98. The molecule has 2 aromatic rings. The van der Waals surface area contributed by atoms with Crippen LogP contribution in [0.5, 0.6) is 0 Å². The fourth-order valence-corrected chi connectivity index (χ4v) is 2.82. The van der Waals surface area contributed by atoms with E-state index in [1.165, 1.54) is 16.1 Å². The third-order valence-corrected chi connectivity index (χ3v) is 4.13.